The fraction of sp³-hybridized carbons (Fsp3) is 1.00. The van der Waals surface area contributed by atoms with Gasteiger partial charge < -0.3 is 15.4 Å². The van der Waals surface area contributed by atoms with Crippen LogP contribution in [0.4, 0.5) is 0 Å². The van der Waals surface area contributed by atoms with E-state index in [0.29, 0.717) is 6.10 Å². The molecule has 1 rings (SSSR count). The van der Waals surface area contributed by atoms with Crippen molar-refractivity contribution in [1.82, 2.24) is 4.90 Å². The van der Waals surface area contributed by atoms with E-state index in [2.05, 4.69) is 18.9 Å². The van der Waals surface area contributed by atoms with E-state index in [1.54, 1.807) is 0 Å². The topological polar surface area (TPSA) is 38.5 Å². The molecule has 0 aromatic carbocycles. The Morgan fingerprint density at radius 2 is 2.24 bits per heavy atom. The third kappa shape index (κ3) is 6.39. The molecular weight excluding hydrogens is 212 g/mol. The number of hydrogen-bond donors (Lipinski definition) is 1. The Morgan fingerprint density at radius 3 is 2.82 bits per heavy atom. The van der Waals surface area contributed by atoms with Crippen molar-refractivity contribution in [3.8, 4) is 0 Å². The van der Waals surface area contributed by atoms with E-state index in [9.17, 15) is 0 Å². The maximum atomic E-state index is 5.65. The van der Waals surface area contributed by atoms with E-state index in [-0.39, 0.29) is 0 Å². The van der Waals surface area contributed by atoms with Crippen LogP contribution in [0.2, 0.25) is 0 Å². The highest BCUT2D eigenvalue weighted by Crippen LogP contribution is 2.16. The van der Waals surface area contributed by atoms with Crippen molar-refractivity contribution in [2.75, 3.05) is 33.3 Å². The third-order valence-corrected chi connectivity index (χ3v) is 3.84. The van der Waals surface area contributed by atoms with Crippen molar-refractivity contribution in [2.45, 2.75) is 51.6 Å². The molecule has 1 aliphatic rings. The van der Waals surface area contributed by atoms with Gasteiger partial charge in [-0.25, -0.2) is 0 Å². The minimum atomic E-state index is 0.492. The fourth-order valence-electron chi connectivity index (χ4n) is 2.67. The summed E-state index contributed by atoms with van der Waals surface area (Å²) in [6, 6.07) is 0. The second-order valence-corrected chi connectivity index (χ2v) is 5.39. The van der Waals surface area contributed by atoms with Crippen LogP contribution >= 0.6 is 0 Å². The molecule has 0 aromatic heterocycles. The maximum Gasteiger partial charge on any atom is 0.0702 e. The van der Waals surface area contributed by atoms with E-state index in [1.807, 2.05) is 0 Å². The zero-order valence-electron chi connectivity index (χ0n) is 11.7. The van der Waals surface area contributed by atoms with Crippen molar-refractivity contribution >= 4 is 0 Å². The lowest BCUT2D eigenvalue weighted by atomic mass is 9.96. The van der Waals surface area contributed by atoms with Crippen molar-refractivity contribution in [3.05, 3.63) is 0 Å². The fourth-order valence-corrected chi connectivity index (χ4v) is 2.67. The molecule has 0 radical (unpaired) electrons. The molecule has 0 bridgehead atoms. The summed E-state index contributed by atoms with van der Waals surface area (Å²) in [5.41, 5.74) is 5.62. The normalized spacial score (nSPS) is 22.2. The smallest absolute Gasteiger partial charge is 0.0702 e. The zero-order valence-corrected chi connectivity index (χ0v) is 11.7. The number of likely N-dealkylation sites (N-methyl/N-ethyl adjacent to an activating group) is 1. The number of nitrogens with two attached hydrogens (primary N) is 1. The van der Waals surface area contributed by atoms with Crippen LogP contribution in [0.5, 0.6) is 0 Å². The monoisotopic (exact) mass is 242 g/mol. The molecule has 2 atom stereocenters. The van der Waals surface area contributed by atoms with Crippen molar-refractivity contribution in [2.24, 2.45) is 11.7 Å². The lowest BCUT2D eigenvalue weighted by molar-refractivity contribution is 0.0804. The minimum Gasteiger partial charge on any atom is -0.377 e. The average molecular weight is 242 g/mol. The summed E-state index contributed by atoms with van der Waals surface area (Å²) in [6.07, 6.45) is 8.05. The number of rotatable bonds is 9. The lowest BCUT2D eigenvalue weighted by Crippen LogP contribution is -2.29. The molecule has 0 aliphatic carbocycles. The van der Waals surface area contributed by atoms with Crippen LogP contribution in [0, 0.1) is 5.92 Å². The second kappa shape index (κ2) is 8.90. The van der Waals surface area contributed by atoms with Gasteiger partial charge in [-0.1, -0.05) is 13.3 Å². The highest BCUT2D eigenvalue weighted by molar-refractivity contribution is 4.69. The van der Waals surface area contributed by atoms with E-state index >= 15 is 0 Å². The van der Waals surface area contributed by atoms with Crippen LogP contribution in [0.15, 0.2) is 0 Å². The van der Waals surface area contributed by atoms with Crippen molar-refractivity contribution < 1.29 is 4.74 Å². The Kier molecular flexibility index (Phi) is 7.82. The van der Waals surface area contributed by atoms with Gasteiger partial charge in [0, 0.05) is 13.2 Å². The summed E-state index contributed by atoms with van der Waals surface area (Å²) in [5, 5.41) is 0. The summed E-state index contributed by atoms with van der Waals surface area (Å²) >= 11 is 0. The van der Waals surface area contributed by atoms with Gasteiger partial charge in [0.25, 0.3) is 0 Å². The first-order chi connectivity index (χ1) is 8.26. The molecule has 2 unspecified atom stereocenters. The Hall–Kier alpha value is -0.120. The summed E-state index contributed by atoms with van der Waals surface area (Å²) in [7, 11) is 2.21. The predicted molar refractivity (Wildman–Crippen MR) is 73.2 cm³/mol. The van der Waals surface area contributed by atoms with Crippen LogP contribution < -0.4 is 5.73 Å². The molecule has 0 amide bonds. The maximum absolute atomic E-state index is 5.65. The van der Waals surface area contributed by atoms with Gasteiger partial charge in [0.05, 0.1) is 6.10 Å². The quantitative estimate of drug-likeness (QED) is 0.674. The first-order valence-electron chi connectivity index (χ1n) is 7.26. The second-order valence-electron chi connectivity index (χ2n) is 5.39. The summed E-state index contributed by atoms with van der Waals surface area (Å²) < 4.78 is 5.65. The summed E-state index contributed by atoms with van der Waals surface area (Å²) in [4.78, 5) is 2.42. The third-order valence-electron chi connectivity index (χ3n) is 3.84. The molecule has 0 aromatic rings. The van der Waals surface area contributed by atoms with Crippen LogP contribution in [0.3, 0.4) is 0 Å². The highest BCUT2D eigenvalue weighted by atomic mass is 16.5. The van der Waals surface area contributed by atoms with Gasteiger partial charge in [0.2, 0.25) is 0 Å². The van der Waals surface area contributed by atoms with Crippen LogP contribution in [0.1, 0.15) is 45.4 Å². The van der Waals surface area contributed by atoms with Gasteiger partial charge in [-0.05, 0) is 58.2 Å². The molecule has 1 heterocycles. The lowest BCUT2D eigenvalue weighted by Gasteiger charge is -2.21. The zero-order chi connectivity index (χ0) is 12.5. The SMILES string of the molecule is CCC(CCN)CCCN(C)CC1CCCO1. The van der Waals surface area contributed by atoms with E-state index < -0.39 is 0 Å². The molecule has 3 heteroatoms. The van der Waals surface area contributed by atoms with Crippen molar-refractivity contribution in [3.63, 3.8) is 0 Å². The van der Waals surface area contributed by atoms with E-state index in [4.69, 9.17) is 10.5 Å². The predicted octanol–water partition coefficient (Wildman–Crippen LogP) is 2.25. The first kappa shape index (κ1) is 14.9. The Bertz CT molecular complexity index is 181. The molecular formula is C14H30N2O. The standard InChI is InChI=1S/C14H30N2O/c1-3-13(8-9-15)6-4-10-16(2)12-14-7-5-11-17-14/h13-14H,3-12,15H2,1-2H3. The molecule has 102 valence electrons. The average Bonchev–Trinajstić information content (AvgIpc) is 2.80. The number of hydrogen-bond acceptors (Lipinski definition) is 3. The van der Waals surface area contributed by atoms with E-state index in [0.717, 1.165) is 25.6 Å². The molecule has 1 saturated heterocycles. The molecule has 3 nitrogen and oxygen atoms in total. The first-order valence-corrected chi connectivity index (χ1v) is 7.26. The summed E-state index contributed by atoms with van der Waals surface area (Å²) in [6.45, 7) is 6.38. The Morgan fingerprint density at radius 1 is 1.41 bits per heavy atom. The van der Waals surface area contributed by atoms with E-state index in [1.165, 1.54) is 45.1 Å². The largest absolute Gasteiger partial charge is 0.377 e. The van der Waals surface area contributed by atoms with Crippen LogP contribution in [-0.4, -0.2) is 44.3 Å². The van der Waals surface area contributed by atoms with Gasteiger partial charge in [0.1, 0.15) is 0 Å². The van der Waals surface area contributed by atoms with Gasteiger partial charge >= 0.3 is 0 Å². The number of ether oxygens (including phenoxy) is 1. The van der Waals surface area contributed by atoms with Gasteiger partial charge in [-0.2, -0.15) is 0 Å². The number of nitrogens with zero attached hydrogens (tertiary/aromatic N) is 1. The minimum absolute atomic E-state index is 0.492. The molecule has 0 spiro atoms. The molecule has 17 heavy (non-hydrogen) atoms. The molecule has 1 aliphatic heterocycles. The van der Waals surface area contributed by atoms with Gasteiger partial charge in [-0.15, -0.1) is 0 Å². The Labute approximate surface area is 107 Å². The van der Waals surface area contributed by atoms with Crippen LogP contribution in [0.25, 0.3) is 0 Å². The molecule has 1 fully saturated rings. The van der Waals surface area contributed by atoms with Crippen molar-refractivity contribution in [1.29, 1.82) is 0 Å². The molecule has 2 N–H and O–H groups in total. The molecule has 0 saturated carbocycles. The highest BCUT2D eigenvalue weighted by Gasteiger charge is 2.17. The van der Waals surface area contributed by atoms with Gasteiger partial charge in [0.15, 0.2) is 0 Å². The summed E-state index contributed by atoms with van der Waals surface area (Å²) in [5.74, 6) is 0.830. The van der Waals surface area contributed by atoms with Gasteiger partial charge in [-0.3, -0.25) is 0 Å². The van der Waals surface area contributed by atoms with Crippen LogP contribution in [-0.2, 0) is 4.74 Å². The Balaban J connectivity index is 2.03.